The van der Waals surface area contributed by atoms with E-state index in [0.29, 0.717) is 5.02 Å². The van der Waals surface area contributed by atoms with Crippen molar-refractivity contribution in [2.24, 2.45) is 0 Å². The lowest BCUT2D eigenvalue weighted by Gasteiger charge is -2.26. The van der Waals surface area contributed by atoms with Gasteiger partial charge in [0.1, 0.15) is 5.82 Å². The summed E-state index contributed by atoms with van der Waals surface area (Å²) < 4.78 is 1.72. The second kappa shape index (κ2) is 7.00. The van der Waals surface area contributed by atoms with E-state index in [1.54, 1.807) is 4.68 Å². The standard InChI is InChI=1S/C19H24ClN5O/c1-12(2)18-22-17(23-25(18)16-6-4-3-5-15(16)20)19(26)24-13-7-8-14(24)11-21-10-9-13/h3-6,12-14,21H,7-11H2,1-2H3. The molecule has 2 bridgehead atoms. The van der Waals surface area contributed by atoms with Gasteiger partial charge in [0.15, 0.2) is 0 Å². The van der Waals surface area contributed by atoms with Gasteiger partial charge in [-0.3, -0.25) is 4.79 Å². The number of amides is 1. The fourth-order valence-electron chi connectivity index (χ4n) is 4.02. The molecule has 2 saturated heterocycles. The van der Waals surface area contributed by atoms with E-state index in [9.17, 15) is 4.79 Å². The molecule has 2 fully saturated rings. The van der Waals surface area contributed by atoms with E-state index in [2.05, 4.69) is 15.4 Å². The van der Waals surface area contributed by atoms with Gasteiger partial charge in [-0.05, 0) is 37.9 Å². The van der Waals surface area contributed by atoms with Crippen molar-refractivity contribution in [2.75, 3.05) is 13.1 Å². The number of nitrogens with zero attached hydrogens (tertiary/aromatic N) is 4. The lowest BCUT2D eigenvalue weighted by molar-refractivity contribution is 0.0667. The average molecular weight is 374 g/mol. The topological polar surface area (TPSA) is 63.1 Å². The zero-order valence-corrected chi connectivity index (χ0v) is 15.9. The van der Waals surface area contributed by atoms with Crippen LogP contribution in [0.4, 0.5) is 0 Å². The number of hydrogen-bond acceptors (Lipinski definition) is 4. The molecule has 0 radical (unpaired) electrons. The zero-order valence-electron chi connectivity index (χ0n) is 15.2. The molecule has 1 aromatic heterocycles. The molecular weight excluding hydrogens is 350 g/mol. The lowest BCUT2D eigenvalue weighted by atomic mass is 10.1. The molecule has 2 unspecified atom stereocenters. The number of fused-ring (bicyclic) bond motifs is 2. The highest BCUT2D eigenvalue weighted by Gasteiger charge is 2.40. The maximum absolute atomic E-state index is 13.2. The van der Waals surface area contributed by atoms with Crippen LogP contribution in [0.3, 0.4) is 0 Å². The van der Waals surface area contributed by atoms with Crippen LogP contribution in [0.5, 0.6) is 0 Å². The maximum Gasteiger partial charge on any atom is 0.294 e. The van der Waals surface area contributed by atoms with E-state index >= 15 is 0 Å². The number of carbonyl (C=O) groups excluding carboxylic acids is 1. The van der Waals surface area contributed by atoms with Crippen molar-refractivity contribution in [3.63, 3.8) is 0 Å². The van der Waals surface area contributed by atoms with Crippen LogP contribution < -0.4 is 5.32 Å². The second-order valence-electron chi connectivity index (χ2n) is 7.40. The number of hydrogen-bond donors (Lipinski definition) is 1. The molecule has 1 amide bonds. The van der Waals surface area contributed by atoms with Crippen molar-refractivity contribution in [1.29, 1.82) is 0 Å². The van der Waals surface area contributed by atoms with Crippen LogP contribution in [0.15, 0.2) is 24.3 Å². The molecule has 0 spiro atoms. The molecular formula is C19H24ClN5O. The molecule has 3 heterocycles. The molecule has 2 aliphatic rings. The van der Waals surface area contributed by atoms with E-state index in [1.807, 2.05) is 43.0 Å². The number of nitrogens with one attached hydrogen (secondary N) is 1. The van der Waals surface area contributed by atoms with E-state index in [1.165, 1.54) is 0 Å². The Morgan fingerprint density at radius 1 is 1.23 bits per heavy atom. The Hall–Kier alpha value is -1.92. The van der Waals surface area contributed by atoms with E-state index in [-0.39, 0.29) is 29.7 Å². The molecule has 138 valence electrons. The molecule has 2 atom stereocenters. The van der Waals surface area contributed by atoms with Gasteiger partial charge in [-0.1, -0.05) is 37.6 Å². The quantitative estimate of drug-likeness (QED) is 0.898. The maximum atomic E-state index is 13.2. The minimum Gasteiger partial charge on any atom is -0.329 e. The van der Waals surface area contributed by atoms with Crippen molar-refractivity contribution in [1.82, 2.24) is 25.0 Å². The highest BCUT2D eigenvalue weighted by Crippen LogP contribution is 2.30. The largest absolute Gasteiger partial charge is 0.329 e. The van der Waals surface area contributed by atoms with Crippen molar-refractivity contribution >= 4 is 17.5 Å². The van der Waals surface area contributed by atoms with Crippen LogP contribution in [-0.4, -0.2) is 50.7 Å². The minimum absolute atomic E-state index is 0.0612. The van der Waals surface area contributed by atoms with Crippen LogP contribution in [-0.2, 0) is 0 Å². The van der Waals surface area contributed by atoms with Gasteiger partial charge in [0.2, 0.25) is 5.82 Å². The first-order valence-corrected chi connectivity index (χ1v) is 9.69. The second-order valence-corrected chi connectivity index (χ2v) is 7.81. The monoisotopic (exact) mass is 373 g/mol. The van der Waals surface area contributed by atoms with Crippen LogP contribution in [0.25, 0.3) is 5.69 Å². The Kier molecular flexibility index (Phi) is 4.71. The number of para-hydroxylation sites is 1. The van der Waals surface area contributed by atoms with Gasteiger partial charge in [-0.25, -0.2) is 9.67 Å². The molecule has 1 N–H and O–H groups in total. The van der Waals surface area contributed by atoms with Gasteiger partial charge in [0, 0.05) is 24.5 Å². The van der Waals surface area contributed by atoms with Crippen molar-refractivity contribution in [3.05, 3.63) is 40.9 Å². The Balaban J connectivity index is 1.72. The molecule has 0 saturated carbocycles. The Labute approximate surface area is 158 Å². The van der Waals surface area contributed by atoms with Crippen LogP contribution in [0.2, 0.25) is 5.02 Å². The Bertz CT molecular complexity index is 804. The van der Waals surface area contributed by atoms with Gasteiger partial charge in [-0.15, -0.1) is 5.10 Å². The van der Waals surface area contributed by atoms with Gasteiger partial charge >= 0.3 is 0 Å². The van der Waals surface area contributed by atoms with Crippen molar-refractivity contribution < 1.29 is 4.79 Å². The molecule has 7 heteroatoms. The highest BCUT2D eigenvalue weighted by molar-refractivity contribution is 6.32. The number of rotatable bonds is 3. The average Bonchev–Trinajstić information content (AvgIpc) is 3.15. The van der Waals surface area contributed by atoms with Crippen molar-refractivity contribution in [3.8, 4) is 5.69 Å². The predicted octanol–water partition coefficient (Wildman–Crippen LogP) is 3.01. The third-order valence-electron chi connectivity index (χ3n) is 5.31. The fraction of sp³-hybridized carbons (Fsp3) is 0.526. The van der Waals surface area contributed by atoms with Gasteiger partial charge in [0.25, 0.3) is 5.91 Å². The molecule has 0 aliphatic carbocycles. The Morgan fingerprint density at radius 2 is 2.00 bits per heavy atom. The number of halogens is 1. The number of carbonyl (C=O) groups is 1. The SMILES string of the molecule is CC(C)c1nc(C(=O)N2C3CCNCC2CC3)nn1-c1ccccc1Cl. The summed E-state index contributed by atoms with van der Waals surface area (Å²) in [7, 11) is 0. The van der Waals surface area contributed by atoms with Crippen LogP contribution in [0.1, 0.15) is 55.5 Å². The summed E-state index contributed by atoms with van der Waals surface area (Å²) in [6, 6.07) is 8.05. The van der Waals surface area contributed by atoms with Crippen LogP contribution in [0, 0.1) is 0 Å². The summed E-state index contributed by atoms with van der Waals surface area (Å²) in [6.45, 7) is 5.91. The molecule has 1 aromatic carbocycles. The Morgan fingerprint density at radius 3 is 2.77 bits per heavy atom. The van der Waals surface area contributed by atoms with Gasteiger partial charge in [-0.2, -0.15) is 0 Å². The first-order valence-electron chi connectivity index (χ1n) is 9.31. The summed E-state index contributed by atoms with van der Waals surface area (Å²) >= 11 is 6.36. The zero-order chi connectivity index (χ0) is 18.3. The highest BCUT2D eigenvalue weighted by atomic mass is 35.5. The third kappa shape index (κ3) is 3.01. The molecule has 2 aromatic rings. The molecule has 26 heavy (non-hydrogen) atoms. The lowest BCUT2D eigenvalue weighted by Crippen LogP contribution is -2.43. The summed E-state index contributed by atoms with van der Waals surface area (Å²) in [4.78, 5) is 19.9. The fourth-order valence-corrected chi connectivity index (χ4v) is 4.23. The van der Waals surface area contributed by atoms with Crippen molar-refractivity contribution in [2.45, 2.75) is 51.1 Å². The molecule has 4 rings (SSSR count). The van der Waals surface area contributed by atoms with E-state index in [4.69, 9.17) is 11.6 Å². The van der Waals surface area contributed by atoms with E-state index in [0.717, 1.165) is 43.9 Å². The van der Waals surface area contributed by atoms with Crippen LogP contribution >= 0.6 is 11.6 Å². The predicted molar refractivity (Wildman–Crippen MR) is 101 cm³/mol. The first-order chi connectivity index (χ1) is 12.6. The number of benzene rings is 1. The summed E-state index contributed by atoms with van der Waals surface area (Å²) in [5, 5.41) is 8.59. The number of aromatic nitrogens is 3. The van der Waals surface area contributed by atoms with E-state index < -0.39 is 0 Å². The summed E-state index contributed by atoms with van der Waals surface area (Å²) in [5.41, 5.74) is 0.755. The first kappa shape index (κ1) is 17.5. The minimum atomic E-state index is -0.0612. The summed E-state index contributed by atoms with van der Waals surface area (Å²) in [5.74, 6) is 1.09. The molecule has 6 nitrogen and oxygen atoms in total. The third-order valence-corrected chi connectivity index (χ3v) is 5.63. The van der Waals surface area contributed by atoms with Gasteiger partial charge in [0.05, 0.1) is 10.7 Å². The normalized spacial score (nSPS) is 22.7. The summed E-state index contributed by atoms with van der Waals surface area (Å²) in [6.07, 6.45) is 3.11. The molecule has 2 aliphatic heterocycles. The smallest absolute Gasteiger partial charge is 0.294 e. The van der Waals surface area contributed by atoms with Gasteiger partial charge < -0.3 is 10.2 Å².